The van der Waals surface area contributed by atoms with Crippen molar-refractivity contribution in [2.45, 2.75) is 6.92 Å². The predicted molar refractivity (Wildman–Crippen MR) is 51.1 cm³/mol. The second-order valence-electron chi connectivity index (χ2n) is 3.02. The Kier molecular flexibility index (Phi) is 2.14. The molecule has 2 rings (SSSR count). The lowest BCUT2D eigenvalue weighted by Crippen LogP contribution is -2.00. The van der Waals surface area contributed by atoms with E-state index >= 15 is 0 Å². The molecule has 0 bridgehead atoms. The van der Waals surface area contributed by atoms with Crippen LogP contribution < -0.4 is 0 Å². The minimum Gasteiger partial charge on any atom is -0.361 e. The highest BCUT2D eigenvalue weighted by Gasteiger charge is 2.12. The van der Waals surface area contributed by atoms with Gasteiger partial charge >= 0.3 is 0 Å². The van der Waals surface area contributed by atoms with Crippen LogP contribution in [0.2, 0.25) is 0 Å². The molecule has 2 aromatic rings. The number of benzene rings is 1. The van der Waals surface area contributed by atoms with E-state index in [9.17, 15) is 4.79 Å². The smallest absolute Gasteiger partial charge is 0.214 e. The summed E-state index contributed by atoms with van der Waals surface area (Å²) in [6.45, 7) is 1.76. The quantitative estimate of drug-likeness (QED) is 0.677. The molecule has 0 saturated heterocycles. The largest absolute Gasteiger partial charge is 0.361 e. The van der Waals surface area contributed by atoms with Gasteiger partial charge in [-0.15, -0.1) is 0 Å². The SMILES string of the molecule is Cc1cc(C(=O)c2ccccc2)no1. The molecule has 0 aliphatic rings. The van der Waals surface area contributed by atoms with Gasteiger partial charge < -0.3 is 4.52 Å². The summed E-state index contributed by atoms with van der Waals surface area (Å²) in [5, 5.41) is 3.67. The van der Waals surface area contributed by atoms with Crippen molar-refractivity contribution in [3.63, 3.8) is 0 Å². The van der Waals surface area contributed by atoms with E-state index in [1.165, 1.54) is 0 Å². The first-order valence-corrected chi connectivity index (χ1v) is 4.30. The summed E-state index contributed by atoms with van der Waals surface area (Å²) in [6, 6.07) is 10.7. The topological polar surface area (TPSA) is 43.1 Å². The van der Waals surface area contributed by atoms with Crippen LogP contribution in [0.4, 0.5) is 0 Å². The number of hydrogen-bond donors (Lipinski definition) is 0. The summed E-state index contributed by atoms with van der Waals surface area (Å²) < 4.78 is 4.84. The van der Waals surface area contributed by atoms with E-state index in [0.717, 1.165) is 0 Å². The van der Waals surface area contributed by atoms with Crippen LogP contribution in [-0.2, 0) is 0 Å². The van der Waals surface area contributed by atoms with Gasteiger partial charge in [-0.3, -0.25) is 4.79 Å². The van der Waals surface area contributed by atoms with E-state index < -0.39 is 0 Å². The van der Waals surface area contributed by atoms with Gasteiger partial charge in [-0.25, -0.2) is 0 Å². The molecular formula is C11H9NO2. The van der Waals surface area contributed by atoms with Crippen molar-refractivity contribution in [3.8, 4) is 0 Å². The highest BCUT2D eigenvalue weighted by molar-refractivity contribution is 6.07. The summed E-state index contributed by atoms with van der Waals surface area (Å²) in [5.74, 6) is 0.534. The third kappa shape index (κ3) is 1.57. The molecule has 0 radical (unpaired) electrons. The molecular weight excluding hydrogens is 178 g/mol. The molecule has 0 aliphatic carbocycles. The number of rotatable bonds is 2. The molecule has 0 saturated carbocycles. The highest BCUT2D eigenvalue weighted by atomic mass is 16.5. The number of nitrogens with zero attached hydrogens (tertiary/aromatic N) is 1. The molecule has 0 fully saturated rings. The Morgan fingerprint density at radius 3 is 2.57 bits per heavy atom. The first-order chi connectivity index (χ1) is 6.77. The molecule has 0 unspecified atom stereocenters. The molecule has 1 aromatic heterocycles. The fourth-order valence-electron chi connectivity index (χ4n) is 1.21. The number of aromatic nitrogens is 1. The van der Waals surface area contributed by atoms with Crippen molar-refractivity contribution >= 4 is 5.78 Å². The first kappa shape index (κ1) is 8.69. The van der Waals surface area contributed by atoms with Gasteiger partial charge in [0.2, 0.25) is 5.78 Å². The van der Waals surface area contributed by atoms with Crippen LogP contribution in [0.25, 0.3) is 0 Å². The van der Waals surface area contributed by atoms with E-state index in [2.05, 4.69) is 5.16 Å². The normalized spacial score (nSPS) is 10.1. The lowest BCUT2D eigenvalue weighted by Gasteiger charge is -1.93. The van der Waals surface area contributed by atoms with Gasteiger partial charge in [0.05, 0.1) is 0 Å². The number of carbonyl (C=O) groups is 1. The van der Waals surface area contributed by atoms with Gasteiger partial charge in [0.15, 0.2) is 5.69 Å². The Morgan fingerprint density at radius 2 is 2.00 bits per heavy atom. The van der Waals surface area contributed by atoms with Gasteiger partial charge in [-0.05, 0) is 6.92 Å². The van der Waals surface area contributed by atoms with E-state index in [1.807, 2.05) is 18.2 Å². The van der Waals surface area contributed by atoms with Crippen LogP contribution in [-0.4, -0.2) is 10.9 Å². The standard InChI is InChI=1S/C11H9NO2/c1-8-7-10(12-14-8)11(13)9-5-3-2-4-6-9/h2-7H,1H3. The lowest BCUT2D eigenvalue weighted by molar-refractivity contribution is 0.103. The van der Waals surface area contributed by atoms with Crippen LogP contribution in [0.15, 0.2) is 40.9 Å². The third-order valence-electron chi connectivity index (χ3n) is 1.90. The molecule has 1 aromatic carbocycles. The van der Waals surface area contributed by atoms with Gasteiger partial charge in [0.25, 0.3) is 0 Å². The lowest BCUT2D eigenvalue weighted by atomic mass is 10.1. The monoisotopic (exact) mass is 187 g/mol. The second kappa shape index (κ2) is 3.46. The number of carbonyl (C=O) groups excluding carboxylic acids is 1. The van der Waals surface area contributed by atoms with Gasteiger partial charge in [0.1, 0.15) is 5.76 Å². The second-order valence-corrected chi connectivity index (χ2v) is 3.02. The summed E-state index contributed by atoms with van der Waals surface area (Å²) in [5.41, 5.74) is 0.981. The van der Waals surface area contributed by atoms with Crippen molar-refractivity contribution in [2.75, 3.05) is 0 Å². The van der Waals surface area contributed by atoms with Gasteiger partial charge in [-0.1, -0.05) is 35.5 Å². The highest BCUT2D eigenvalue weighted by Crippen LogP contribution is 2.09. The average Bonchev–Trinajstić information content (AvgIpc) is 2.65. The van der Waals surface area contributed by atoms with Crippen LogP contribution >= 0.6 is 0 Å². The Hall–Kier alpha value is -1.90. The maximum absolute atomic E-state index is 11.7. The van der Waals surface area contributed by atoms with E-state index in [-0.39, 0.29) is 5.78 Å². The molecule has 70 valence electrons. The third-order valence-corrected chi connectivity index (χ3v) is 1.90. The Balaban J connectivity index is 2.34. The summed E-state index contributed by atoms with van der Waals surface area (Å²) in [4.78, 5) is 11.7. The first-order valence-electron chi connectivity index (χ1n) is 4.30. The molecule has 0 amide bonds. The summed E-state index contributed by atoms with van der Waals surface area (Å²) >= 11 is 0. The van der Waals surface area contributed by atoms with Crippen molar-refractivity contribution < 1.29 is 9.32 Å². The molecule has 14 heavy (non-hydrogen) atoms. The zero-order chi connectivity index (χ0) is 9.97. The van der Waals surface area contributed by atoms with Crippen LogP contribution in [0.3, 0.4) is 0 Å². The van der Waals surface area contributed by atoms with Crippen molar-refractivity contribution in [2.24, 2.45) is 0 Å². The Labute approximate surface area is 81.3 Å². The van der Waals surface area contributed by atoms with Crippen LogP contribution in [0.5, 0.6) is 0 Å². The van der Waals surface area contributed by atoms with Crippen molar-refractivity contribution in [1.82, 2.24) is 5.16 Å². The maximum Gasteiger partial charge on any atom is 0.214 e. The number of ketones is 1. The Bertz CT molecular complexity index is 445. The number of hydrogen-bond acceptors (Lipinski definition) is 3. The zero-order valence-corrected chi connectivity index (χ0v) is 7.73. The Morgan fingerprint density at radius 1 is 1.29 bits per heavy atom. The molecule has 0 aliphatic heterocycles. The minimum absolute atomic E-state index is 0.109. The van der Waals surface area contributed by atoms with Gasteiger partial charge in [-0.2, -0.15) is 0 Å². The minimum atomic E-state index is -0.109. The zero-order valence-electron chi connectivity index (χ0n) is 7.73. The molecule has 3 nitrogen and oxygen atoms in total. The fourth-order valence-corrected chi connectivity index (χ4v) is 1.21. The molecule has 3 heteroatoms. The molecule has 0 N–H and O–H groups in total. The van der Waals surface area contributed by atoms with Crippen molar-refractivity contribution in [3.05, 3.63) is 53.4 Å². The van der Waals surface area contributed by atoms with Crippen LogP contribution in [0.1, 0.15) is 21.8 Å². The molecule has 0 spiro atoms. The van der Waals surface area contributed by atoms with E-state index in [4.69, 9.17) is 4.52 Å². The summed E-state index contributed by atoms with van der Waals surface area (Å²) in [7, 11) is 0. The van der Waals surface area contributed by atoms with Crippen LogP contribution in [0, 0.1) is 6.92 Å². The van der Waals surface area contributed by atoms with E-state index in [0.29, 0.717) is 17.0 Å². The average molecular weight is 187 g/mol. The number of aryl methyl sites for hydroxylation is 1. The van der Waals surface area contributed by atoms with E-state index in [1.54, 1.807) is 25.1 Å². The van der Waals surface area contributed by atoms with Gasteiger partial charge in [0, 0.05) is 11.6 Å². The molecule has 1 heterocycles. The van der Waals surface area contributed by atoms with Crippen molar-refractivity contribution in [1.29, 1.82) is 0 Å². The fraction of sp³-hybridized carbons (Fsp3) is 0.0909. The molecule has 0 atom stereocenters. The summed E-state index contributed by atoms with van der Waals surface area (Å²) in [6.07, 6.45) is 0. The predicted octanol–water partition coefficient (Wildman–Crippen LogP) is 2.21. The maximum atomic E-state index is 11.7.